The average Bonchev–Trinajstić information content (AvgIpc) is 2.63. The molecule has 2 heteroatoms. The van der Waals surface area contributed by atoms with E-state index in [9.17, 15) is 0 Å². The van der Waals surface area contributed by atoms with Gasteiger partial charge in [-0.1, -0.05) is 6.42 Å². The third kappa shape index (κ3) is 2.82. The van der Waals surface area contributed by atoms with E-state index in [-0.39, 0.29) is 0 Å². The number of aryl methyl sites for hydroxylation is 1. The van der Waals surface area contributed by atoms with Crippen molar-refractivity contribution in [2.45, 2.75) is 51.6 Å². The number of rotatable bonds is 3. The number of quaternary nitrogens is 1. The summed E-state index contributed by atoms with van der Waals surface area (Å²) in [5.74, 6) is 0. The summed E-state index contributed by atoms with van der Waals surface area (Å²) in [5, 5.41) is 2.55. The molecule has 0 unspecified atom stereocenters. The van der Waals surface area contributed by atoms with Gasteiger partial charge in [0.2, 0.25) is 0 Å². The molecule has 0 radical (unpaired) electrons. The minimum absolute atomic E-state index is 0.908. The van der Waals surface area contributed by atoms with E-state index in [2.05, 4.69) is 24.4 Å². The summed E-state index contributed by atoms with van der Waals surface area (Å²) in [6.07, 6.45) is 7.23. The Morgan fingerprint density at radius 3 is 2.71 bits per heavy atom. The first kappa shape index (κ1) is 10.2. The molecule has 0 bridgehead atoms. The van der Waals surface area contributed by atoms with Crippen molar-refractivity contribution in [1.29, 1.82) is 0 Å². The highest BCUT2D eigenvalue weighted by molar-refractivity contribution is 7.11. The standard InChI is InChI=1S/C12H19NS/c1-10-7-8-12(14-10)9-13-11-5-3-2-4-6-11/h7-8,11,13H,2-6,9H2,1H3/p+1. The summed E-state index contributed by atoms with van der Waals surface area (Å²) in [6.45, 7) is 3.39. The molecule has 14 heavy (non-hydrogen) atoms. The first-order chi connectivity index (χ1) is 6.84. The highest BCUT2D eigenvalue weighted by atomic mass is 32.1. The molecule has 1 aromatic heterocycles. The second-order valence-corrected chi connectivity index (χ2v) is 5.72. The van der Waals surface area contributed by atoms with Gasteiger partial charge in [0, 0.05) is 4.88 Å². The average molecular weight is 210 g/mol. The fourth-order valence-corrected chi connectivity index (χ4v) is 3.11. The van der Waals surface area contributed by atoms with E-state index in [0.29, 0.717) is 0 Å². The minimum atomic E-state index is 0.908. The Morgan fingerprint density at radius 2 is 2.07 bits per heavy atom. The molecule has 2 rings (SSSR count). The fourth-order valence-electron chi connectivity index (χ4n) is 2.25. The highest BCUT2D eigenvalue weighted by Gasteiger charge is 2.15. The Bertz CT molecular complexity index is 274. The zero-order valence-corrected chi connectivity index (χ0v) is 9.78. The summed E-state index contributed by atoms with van der Waals surface area (Å²) in [6, 6.07) is 5.42. The fraction of sp³-hybridized carbons (Fsp3) is 0.667. The molecule has 0 aromatic carbocycles. The van der Waals surface area contributed by atoms with Crippen molar-refractivity contribution in [3.05, 3.63) is 21.9 Å². The Balaban J connectivity index is 1.76. The molecule has 0 saturated heterocycles. The van der Waals surface area contributed by atoms with E-state index in [1.807, 2.05) is 11.3 Å². The van der Waals surface area contributed by atoms with Gasteiger partial charge < -0.3 is 5.32 Å². The maximum Gasteiger partial charge on any atom is 0.111 e. The summed E-state index contributed by atoms with van der Waals surface area (Å²) in [7, 11) is 0. The van der Waals surface area contributed by atoms with Crippen molar-refractivity contribution >= 4 is 11.3 Å². The molecule has 78 valence electrons. The number of nitrogens with two attached hydrogens (primary N) is 1. The highest BCUT2D eigenvalue weighted by Crippen LogP contribution is 2.16. The van der Waals surface area contributed by atoms with E-state index < -0.39 is 0 Å². The summed E-state index contributed by atoms with van der Waals surface area (Å²) in [5.41, 5.74) is 0. The molecule has 2 N–H and O–H groups in total. The lowest BCUT2D eigenvalue weighted by molar-refractivity contribution is -0.706. The van der Waals surface area contributed by atoms with Gasteiger partial charge in [-0.15, -0.1) is 11.3 Å². The van der Waals surface area contributed by atoms with Crippen molar-refractivity contribution in [1.82, 2.24) is 0 Å². The Morgan fingerprint density at radius 1 is 1.29 bits per heavy atom. The van der Waals surface area contributed by atoms with Crippen molar-refractivity contribution in [3.63, 3.8) is 0 Å². The number of hydrogen-bond donors (Lipinski definition) is 1. The molecule has 0 amide bonds. The van der Waals surface area contributed by atoms with Gasteiger partial charge in [0.25, 0.3) is 0 Å². The predicted octanol–water partition coefficient (Wildman–Crippen LogP) is 2.45. The summed E-state index contributed by atoms with van der Waals surface area (Å²) in [4.78, 5) is 2.98. The lowest BCUT2D eigenvalue weighted by Gasteiger charge is -2.19. The van der Waals surface area contributed by atoms with E-state index in [0.717, 1.165) is 6.04 Å². The van der Waals surface area contributed by atoms with Crippen molar-refractivity contribution in [2.75, 3.05) is 0 Å². The van der Waals surface area contributed by atoms with Gasteiger partial charge in [-0.05, 0) is 44.7 Å². The monoisotopic (exact) mass is 210 g/mol. The molecule has 1 aliphatic carbocycles. The predicted molar refractivity (Wildman–Crippen MR) is 61.6 cm³/mol. The van der Waals surface area contributed by atoms with Gasteiger partial charge in [0.05, 0.1) is 10.9 Å². The quantitative estimate of drug-likeness (QED) is 0.789. The van der Waals surface area contributed by atoms with Crippen LogP contribution in [0.5, 0.6) is 0 Å². The summed E-state index contributed by atoms with van der Waals surface area (Å²) < 4.78 is 0. The third-order valence-electron chi connectivity index (χ3n) is 3.10. The SMILES string of the molecule is Cc1ccc(C[NH2+]C2CCCCC2)s1. The van der Waals surface area contributed by atoms with Gasteiger partial charge in [0.15, 0.2) is 0 Å². The Hall–Kier alpha value is -0.340. The smallest absolute Gasteiger partial charge is 0.111 e. The van der Waals surface area contributed by atoms with E-state index >= 15 is 0 Å². The van der Waals surface area contributed by atoms with Crippen LogP contribution in [0.25, 0.3) is 0 Å². The molecule has 1 nitrogen and oxygen atoms in total. The largest absolute Gasteiger partial charge is 0.339 e. The summed E-state index contributed by atoms with van der Waals surface area (Å²) >= 11 is 1.95. The zero-order valence-electron chi connectivity index (χ0n) is 8.96. The lowest BCUT2D eigenvalue weighted by Crippen LogP contribution is -2.88. The van der Waals surface area contributed by atoms with Gasteiger partial charge in [-0.2, -0.15) is 0 Å². The maximum atomic E-state index is 2.55. The second-order valence-electron chi connectivity index (χ2n) is 4.35. The van der Waals surface area contributed by atoms with Crippen LogP contribution in [0, 0.1) is 6.92 Å². The van der Waals surface area contributed by atoms with E-state index in [1.165, 1.54) is 48.4 Å². The zero-order chi connectivity index (χ0) is 9.80. The Labute approximate surface area is 90.5 Å². The topological polar surface area (TPSA) is 16.6 Å². The van der Waals surface area contributed by atoms with Crippen LogP contribution in [0.4, 0.5) is 0 Å². The molecule has 0 atom stereocenters. The molecule has 1 heterocycles. The van der Waals surface area contributed by atoms with E-state index in [4.69, 9.17) is 0 Å². The molecule has 0 aliphatic heterocycles. The maximum absolute atomic E-state index is 2.55. The molecular weight excluding hydrogens is 190 g/mol. The van der Waals surface area contributed by atoms with Crippen molar-refractivity contribution in [2.24, 2.45) is 0 Å². The van der Waals surface area contributed by atoms with Crippen LogP contribution >= 0.6 is 11.3 Å². The molecule has 0 spiro atoms. The normalized spacial score (nSPS) is 18.6. The van der Waals surface area contributed by atoms with E-state index in [1.54, 1.807) is 0 Å². The Kier molecular flexibility index (Phi) is 3.60. The van der Waals surface area contributed by atoms with Gasteiger partial charge in [-0.25, -0.2) is 0 Å². The van der Waals surface area contributed by atoms with Crippen molar-refractivity contribution in [3.8, 4) is 0 Å². The third-order valence-corrected chi connectivity index (χ3v) is 4.12. The number of thiophene rings is 1. The molecule has 1 fully saturated rings. The molecule has 1 aliphatic rings. The van der Waals surface area contributed by atoms with Gasteiger partial charge in [-0.3, -0.25) is 0 Å². The van der Waals surface area contributed by atoms with Crippen LogP contribution < -0.4 is 5.32 Å². The second kappa shape index (κ2) is 4.94. The first-order valence-electron chi connectivity index (χ1n) is 5.73. The van der Waals surface area contributed by atoms with Gasteiger partial charge in [0.1, 0.15) is 6.54 Å². The lowest BCUT2D eigenvalue weighted by atomic mass is 9.95. The van der Waals surface area contributed by atoms with Crippen LogP contribution in [-0.4, -0.2) is 6.04 Å². The van der Waals surface area contributed by atoms with Crippen molar-refractivity contribution < 1.29 is 5.32 Å². The molecule has 1 aromatic rings. The molecule has 1 saturated carbocycles. The van der Waals surface area contributed by atoms with Crippen LogP contribution in [0.2, 0.25) is 0 Å². The first-order valence-corrected chi connectivity index (χ1v) is 6.55. The molecular formula is C12H20NS+. The van der Waals surface area contributed by atoms with Crippen LogP contribution in [0.1, 0.15) is 41.9 Å². The van der Waals surface area contributed by atoms with Crippen LogP contribution in [0.15, 0.2) is 12.1 Å². The van der Waals surface area contributed by atoms with Crippen LogP contribution in [-0.2, 0) is 6.54 Å². The minimum Gasteiger partial charge on any atom is -0.339 e. The number of hydrogen-bond acceptors (Lipinski definition) is 1. The van der Waals surface area contributed by atoms with Crippen LogP contribution in [0.3, 0.4) is 0 Å². The van der Waals surface area contributed by atoms with Gasteiger partial charge >= 0.3 is 0 Å².